The number of fused-ring (bicyclic) bond motifs is 2. The van der Waals surface area contributed by atoms with Crippen molar-refractivity contribution >= 4 is 17.3 Å². The Balaban J connectivity index is 1.86. The van der Waals surface area contributed by atoms with Crippen LogP contribution in [0.5, 0.6) is 0 Å². The van der Waals surface area contributed by atoms with Crippen molar-refractivity contribution < 1.29 is 0 Å². The Hall–Kier alpha value is -0.310. The summed E-state index contributed by atoms with van der Waals surface area (Å²) in [6, 6.07) is 0.675. The number of thiocarbonyl (C=S) groups is 1. The molecule has 3 atom stereocenters. The fourth-order valence-electron chi connectivity index (χ4n) is 2.71. The van der Waals surface area contributed by atoms with Crippen LogP contribution in [0.1, 0.15) is 25.7 Å². The highest BCUT2D eigenvalue weighted by molar-refractivity contribution is 7.80. The monoisotopic (exact) mass is 198 g/mol. The van der Waals surface area contributed by atoms with E-state index in [-0.39, 0.29) is 0 Å². The Morgan fingerprint density at radius 3 is 2.54 bits per heavy atom. The number of nitrogens with zero attached hydrogens (tertiary/aromatic N) is 1. The van der Waals surface area contributed by atoms with E-state index in [2.05, 4.69) is 5.32 Å². The van der Waals surface area contributed by atoms with Crippen LogP contribution in [0.4, 0.5) is 0 Å². The first-order valence-corrected chi connectivity index (χ1v) is 5.55. The van der Waals surface area contributed by atoms with Crippen LogP contribution in [-0.2, 0) is 0 Å². The van der Waals surface area contributed by atoms with E-state index in [1.54, 1.807) is 0 Å². The van der Waals surface area contributed by atoms with Crippen LogP contribution >= 0.6 is 12.2 Å². The number of hydrogen-bond acceptors (Lipinski definition) is 1. The van der Waals surface area contributed by atoms with Crippen LogP contribution in [0.2, 0.25) is 0 Å². The minimum absolute atomic E-state index is 0.675. The highest BCUT2D eigenvalue weighted by Gasteiger charge is 2.39. The van der Waals surface area contributed by atoms with Crippen molar-refractivity contribution in [2.24, 2.45) is 11.8 Å². The van der Waals surface area contributed by atoms with Gasteiger partial charge >= 0.3 is 0 Å². The lowest BCUT2D eigenvalue weighted by Crippen LogP contribution is -2.43. The second-order valence-corrected chi connectivity index (χ2v) is 5.01. The molecule has 3 unspecified atom stereocenters. The maximum absolute atomic E-state index is 5.25. The Morgan fingerprint density at radius 1 is 1.31 bits per heavy atom. The number of rotatable bonds is 1. The van der Waals surface area contributed by atoms with E-state index in [0.29, 0.717) is 6.04 Å². The Kier molecular flexibility index (Phi) is 2.45. The topological polar surface area (TPSA) is 15.3 Å². The minimum atomic E-state index is 0.675. The summed E-state index contributed by atoms with van der Waals surface area (Å²) in [5.41, 5.74) is 0. The number of nitrogens with one attached hydrogen (secondary N) is 1. The van der Waals surface area contributed by atoms with Gasteiger partial charge in [0.2, 0.25) is 0 Å². The second-order valence-electron chi connectivity index (χ2n) is 4.63. The predicted molar refractivity (Wildman–Crippen MR) is 58.7 cm³/mol. The van der Waals surface area contributed by atoms with E-state index in [4.69, 9.17) is 12.2 Å². The van der Waals surface area contributed by atoms with Gasteiger partial charge in [0.1, 0.15) is 0 Å². The van der Waals surface area contributed by atoms with E-state index in [1.807, 2.05) is 19.0 Å². The molecule has 0 spiro atoms. The molecule has 1 N–H and O–H groups in total. The third-order valence-electron chi connectivity index (χ3n) is 3.45. The summed E-state index contributed by atoms with van der Waals surface area (Å²) < 4.78 is 0. The molecule has 0 aromatic heterocycles. The molecule has 2 aliphatic carbocycles. The molecule has 2 fully saturated rings. The fraction of sp³-hybridized carbons (Fsp3) is 0.900. The van der Waals surface area contributed by atoms with Crippen LogP contribution in [0.15, 0.2) is 0 Å². The van der Waals surface area contributed by atoms with Gasteiger partial charge in [0, 0.05) is 20.1 Å². The third kappa shape index (κ3) is 1.80. The number of hydrogen-bond donors (Lipinski definition) is 1. The summed E-state index contributed by atoms with van der Waals surface area (Å²) in [5, 5.41) is 4.37. The highest BCUT2D eigenvalue weighted by Crippen LogP contribution is 2.44. The molecule has 0 aromatic rings. The van der Waals surface area contributed by atoms with Crippen molar-refractivity contribution in [3.05, 3.63) is 0 Å². The van der Waals surface area contributed by atoms with Crippen molar-refractivity contribution in [1.29, 1.82) is 0 Å². The van der Waals surface area contributed by atoms with Crippen molar-refractivity contribution in [2.45, 2.75) is 31.7 Å². The minimum Gasteiger partial charge on any atom is -0.360 e. The molecule has 74 valence electrons. The standard InChI is InChI=1S/C10H18N2S/c1-12(2)10(13)11-9-6-7-3-4-8(9)5-7/h7-9H,3-6H2,1-2H3,(H,11,13). The molecular weight excluding hydrogens is 180 g/mol. The van der Waals surface area contributed by atoms with E-state index < -0.39 is 0 Å². The molecule has 0 aliphatic heterocycles. The van der Waals surface area contributed by atoms with Gasteiger partial charge < -0.3 is 10.2 Å². The quantitative estimate of drug-likeness (QED) is 0.644. The van der Waals surface area contributed by atoms with Gasteiger partial charge in [-0.15, -0.1) is 0 Å². The lowest BCUT2D eigenvalue weighted by molar-refractivity contribution is 0.381. The maximum atomic E-state index is 5.25. The normalized spacial score (nSPS) is 36.3. The zero-order chi connectivity index (χ0) is 9.42. The van der Waals surface area contributed by atoms with Crippen LogP contribution in [0, 0.1) is 11.8 Å². The van der Waals surface area contributed by atoms with Crippen molar-refractivity contribution in [2.75, 3.05) is 14.1 Å². The van der Waals surface area contributed by atoms with E-state index in [1.165, 1.54) is 25.7 Å². The van der Waals surface area contributed by atoms with Gasteiger partial charge in [0.25, 0.3) is 0 Å². The SMILES string of the molecule is CN(C)C(=S)NC1CC2CCC1C2. The summed E-state index contributed by atoms with van der Waals surface area (Å²) in [6.07, 6.45) is 5.66. The molecule has 2 aliphatic rings. The van der Waals surface area contributed by atoms with Crippen molar-refractivity contribution in [1.82, 2.24) is 10.2 Å². The lowest BCUT2D eigenvalue weighted by Gasteiger charge is -2.26. The molecule has 0 radical (unpaired) electrons. The summed E-state index contributed by atoms with van der Waals surface area (Å²) in [7, 11) is 4.01. The van der Waals surface area contributed by atoms with E-state index in [0.717, 1.165) is 16.9 Å². The van der Waals surface area contributed by atoms with Crippen molar-refractivity contribution in [3.8, 4) is 0 Å². The van der Waals surface area contributed by atoms with Crippen LogP contribution < -0.4 is 5.32 Å². The lowest BCUT2D eigenvalue weighted by atomic mass is 9.95. The van der Waals surface area contributed by atoms with Gasteiger partial charge in [-0.05, 0) is 43.3 Å². The highest BCUT2D eigenvalue weighted by atomic mass is 32.1. The summed E-state index contributed by atoms with van der Waals surface area (Å²) in [6.45, 7) is 0. The molecular formula is C10H18N2S. The molecule has 2 saturated carbocycles. The smallest absolute Gasteiger partial charge is 0.168 e. The molecule has 3 heteroatoms. The fourth-order valence-corrected chi connectivity index (χ4v) is 2.86. The van der Waals surface area contributed by atoms with E-state index in [9.17, 15) is 0 Å². The first-order chi connectivity index (χ1) is 6.16. The predicted octanol–water partition coefficient (Wildman–Crippen LogP) is 1.61. The molecule has 2 rings (SSSR count). The first kappa shape index (κ1) is 9.25. The van der Waals surface area contributed by atoms with Gasteiger partial charge in [-0.1, -0.05) is 6.42 Å². The molecule has 13 heavy (non-hydrogen) atoms. The molecule has 0 saturated heterocycles. The molecule has 0 aromatic carbocycles. The molecule has 2 nitrogen and oxygen atoms in total. The summed E-state index contributed by atoms with van der Waals surface area (Å²) in [5.74, 6) is 1.90. The average molecular weight is 198 g/mol. The van der Waals surface area contributed by atoms with Crippen LogP contribution in [0.25, 0.3) is 0 Å². The third-order valence-corrected chi connectivity index (χ3v) is 3.94. The Labute approximate surface area is 85.7 Å². The molecule has 0 amide bonds. The van der Waals surface area contributed by atoms with Gasteiger partial charge in [-0.3, -0.25) is 0 Å². The van der Waals surface area contributed by atoms with Crippen LogP contribution in [-0.4, -0.2) is 30.1 Å². The second kappa shape index (κ2) is 3.45. The Morgan fingerprint density at radius 2 is 2.08 bits per heavy atom. The summed E-state index contributed by atoms with van der Waals surface area (Å²) >= 11 is 5.25. The average Bonchev–Trinajstić information content (AvgIpc) is 2.64. The largest absolute Gasteiger partial charge is 0.360 e. The maximum Gasteiger partial charge on any atom is 0.168 e. The zero-order valence-electron chi connectivity index (χ0n) is 8.42. The van der Waals surface area contributed by atoms with E-state index >= 15 is 0 Å². The van der Waals surface area contributed by atoms with Gasteiger partial charge in [0.05, 0.1) is 0 Å². The van der Waals surface area contributed by atoms with Gasteiger partial charge in [-0.2, -0.15) is 0 Å². The van der Waals surface area contributed by atoms with Gasteiger partial charge in [0.15, 0.2) is 5.11 Å². The van der Waals surface area contributed by atoms with Crippen LogP contribution in [0.3, 0.4) is 0 Å². The molecule has 0 heterocycles. The zero-order valence-corrected chi connectivity index (χ0v) is 9.23. The van der Waals surface area contributed by atoms with Gasteiger partial charge in [-0.25, -0.2) is 0 Å². The summed E-state index contributed by atoms with van der Waals surface area (Å²) in [4.78, 5) is 1.99. The van der Waals surface area contributed by atoms with Crippen molar-refractivity contribution in [3.63, 3.8) is 0 Å². The first-order valence-electron chi connectivity index (χ1n) is 5.14. The molecule has 2 bridgehead atoms. The Bertz CT molecular complexity index is 215.